The molecule has 0 aliphatic heterocycles. The van der Waals surface area contributed by atoms with Gasteiger partial charge in [-0.05, 0) is 122 Å². The van der Waals surface area contributed by atoms with Crippen LogP contribution < -0.4 is 4.90 Å². The molecule has 0 N–H and O–H groups in total. The van der Waals surface area contributed by atoms with E-state index in [1.54, 1.807) is 0 Å². The van der Waals surface area contributed by atoms with Gasteiger partial charge in [0.1, 0.15) is 0 Å². The fraction of sp³-hybridized carbons (Fsp3) is 0.0526. The number of para-hydroxylation sites is 3. The highest BCUT2D eigenvalue weighted by atomic mass is 15.1. The van der Waals surface area contributed by atoms with Gasteiger partial charge in [-0.2, -0.15) is 0 Å². The standard InChI is InChI=1S/C57H42N2/c1-57(2)53-36-40(23-22-39-24-30-48(31-25-39)58(45-16-6-3-7-17-45)46-18-8-4-9-19-46)26-32-49(53)50-33-34-51-52-38-44(43-28-27-41-14-12-13-15-42(41)37-43)29-35-54(52)59(56(51)55(50)57)47-20-10-5-11-21-47/h3-38H,1-2H3. The number of hydrogen-bond donors (Lipinski definition) is 0. The van der Waals surface area contributed by atoms with Gasteiger partial charge >= 0.3 is 0 Å². The van der Waals surface area contributed by atoms with Gasteiger partial charge in [-0.15, -0.1) is 0 Å². The topological polar surface area (TPSA) is 8.17 Å². The summed E-state index contributed by atoms with van der Waals surface area (Å²) in [4.78, 5) is 2.30. The van der Waals surface area contributed by atoms with Gasteiger partial charge in [0.2, 0.25) is 0 Å². The third-order valence-electron chi connectivity index (χ3n) is 12.3. The van der Waals surface area contributed by atoms with E-state index in [1.165, 1.54) is 77.2 Å². The van der Waals surface area contributed by atoms with Crippen LogP contribution in [-0.4, -0.2) is 4.57 Å². The second-order valence-corrected chi connectivity index (χ2v) is 16.2. The molecule has 11 rings (SSSR count). The quantitative estimate of drug-likeness (QED) is 0.147. The molecule has 1 heterocycles. The predicted molar refractivity (Wildman–Crippen MR) is 251 cm³/mol. The molecular weight excluding hydrogens is 713 g/mol. The van der Waals surface area contributed by atoms with Gasteiger partial charge in [0.25, 0.3) is 0 Å². The Morgan fingerprint density at radius 3 is 1.75 bits per heavy atom. The average molecular weight is 755 g/mol. The van der Waals surface area contributed by atoms with E-state index in [0.717, 1.165) is 22.6 Å². The summed E-state index contributed by atoms with van der Waals surface area (Å²) in [6.45, 7) is 4.81. The van der Waals surface area contributed by atoms with Crippen LogP contribution in [0.1, 0.15) is 36.1 Å². The van der Waals surface area contributed by atoms with Crippen LogP contribution >= 0.6 is 0 Å². The van der Waals surface area contributed by atoms with E-state index >= 15 is 0 Å². The van der Waals surface area contributed by atoms with E-state index in [-0.39, 0.29) is 5.41 Å². The molecule has 0 atom stereocenters. The predicted octanol–water partition coefficient (Wildman–Crippen LogP) is 15.6. The Balaban J connectivity index is 0.973. The van der Waals surface area contributed by atoms with Crippen molar-refractivity contribution in [1.29, 1.82) is 0 Å². The van der Waals surface area contributed by atoms with Crippen LogP contribution in [0.4, 0.5) is 17.1 Å². The molecule has 2 nitrogen and oxygen atoms in total. The fourth-order valence-corrected chi connectivity index (χ4v) is 9.44. The first-order valence-electron chi connectivity index (χ1n) is 20.5. The molecule has 59 heavy (non-hydrogen) atoms. The van der Waals surface area contributed by atoms with Crippen LogP contribution in [0, 0.1) is 0 Å². The summed E-state index contributed by atoms with van der Waals surface area (Å²) in [6.07, 6.45) is 4.49. The Kier molecular flexibility index (Phi) is 8.20. The molecule has 0 unspecified atom stereocenters. The Bertz CT molecular complexity index is 3170. The van der Waals surface area contributed by atoms with Crippen molar-refractivity contribution in [2.45, 2.75) is 19.3 Å². The molecule has 1 aromatic heterocycles. The largest absolute Gasteiger partial charge is 0.311 e. The van der Waals surface area contributed by atoms with Crippen molar-refractivity contribution >= 4 is 61.8 Å². The second kappa shape index (κ2) is 13.9. The molecular formula is C57H42N2. The number of nitrogens with zero attached hydrogens (tertiary/aromatic N) is 2. The van der Waals surface area contributed by atoms with Gasteiger partial charge < -0.3 is 9.47 Å². The van der Waals surface area contributed by atoms with Crippen molar-refractivity contribution in [2.24, 2.45) is 0 Å². The van der Waals surface area contributed by atoms with E-state index < -0.39 is 0 Å². The molecule has 0 amide bonds. The van der Waals surface area contributed by atoms with Gasteiger partial charge in [-0.25, -0.2) is 0 Å². The summed E-state index contributed by atoms with van der Waals surface area (Å²) in [5, 5.41) is 5.08. The highest BCUT2D eigenvalue weighted by molar-refractivity contribution is 6.14. The number of hydrogen-bond acceptors (Lipinski definition) is 1. The maximum atomic E-state index is 2.50. The van der Waals surface area contributed by atoms with E-state index in [2.05, 4.69) is 242 Å². The average Bonchev–Trinajstić information content (AvgIpc) is 3.74. The lowest BCUT2D eigenvalue weighted by Gasteiger charge is -2.25. The Hall–Kier alpha value is -7.42. The van der Waals surface area contributed by atoms with Crippen molar-refractivity contribution in [1.82, 2.24) is 4.57 Å². The van der Waals surface area contributed by atoms with Gasteiger partial charge in [-0.3, -0.25) is 0 Å². The van der Waals surface area contributed by atoms with E-state index in [9.17, 15) is 0 Å². The zero-order valence-corrected chi connectivity index (χ0v) is 33.2. The summed E-state index contributed by atoms with van der Waals surface area (Å²) in [5.41, 5.74) is 17.1. The Morgan fingerprint density at radius 1 is 0.441 bits per heavy atom. The van der Waals surface area contributed by atoms with Crippen LogP contribution in [0.25, 0.3) is 72.7 Å². The molecule has 1 aliphatic rings. The third kappa shape index (κ3) is 5.87. The van der Waals surface area contributed by atoms with Gasteiger partial charge in [0.05, 0.1) is 11.0 Å². The molecule has 0 spiro atoms. The van der Waals surface area contributed by atoms with E-state index in [4.69, 9.17) is 0 Å². The smallest absolute Gasteiger partial charge is 0.0588 e. The number of benzene rings is 9. The minimum absolute atomic E-state index is 0.226. The SMILES string of the molecule is CC1(C)c2cc(C=Cc3ccc(N(c4ccccc4)c4ccccc4)cc3)ccc2-c2ccc3c4cc(-c5ccc6ccccc6c5)ccc4n(-c4ccccc4)c3c21. The summed E-state index contributed by atoms with van der Waals surface area (Å²) in [5.74, 6) is 0. The lowest BCUT2D eigenvalue weighted by Crippen LogP contribution is -2.16. The normalized spacial score (nSPS) is 13.0. The minimum Gasteiger partial charge on any atom is -0.311 e. The lowest BCUT2D eigenvalue weighted by molar-refractivity contribution is 0.663. The molecule has 0 saturated carbocycles. The molecule has 0 saturated heterocycles. The monoisotopic (exact) mass is 754 g/mol. The Labute approximate surface area is 345 Å². The number of aromatic nitrogens is 1. The molecule has 10 aromatic rings. The lowest BCUT2D eigenvalue weighted by atomic mass is 9.81. The second-order valence-electron chi connectivity index (χ2n) is 16.2. The van der Waals surface area contributed by atoms with Crippen molar-refractivity contribution in [3.05, 3.63) is 229 Å². The van der Waals surface area contributed by atoms with Gasteiger partial charge in [-0.1, -0.05) is 166 Å². The van der Waals surface area contributed by atoms with Gasteiger partial charge in [0.15, 0.2) is 0 Å². The third-order valence-corrected chi connectivity index (χ3v) is 12.3. The van der Waals surface area contributed by atoms with Crippen molar-refractivity contribution in [3.63, 3.8) is 0 Å². The van der Waals surface area contributed by atoms with Crippen molar-refractivity contribution in [3.8, 4) is 27.9 Å². The van der Waals surface area contributed by atoms with Crippen LogP contribution in [0.3, 0.4) is 0 Å². The number of rotatable bonds is 7. The van der Waals surface area contributed by atoms with Crippen LogP contribution in [0.5, 0.6) is 0 Å². The minimum atomic E-state index is -0.226. The van der Waals surface area contributed by atoms with Gasteiger partial charge in [0, 0.05) is 38.9 Å². The van der Waals surface area contributed by atoms with E-state index in [1.807, 2.05) is 0 Å². The van der Waals surface area contributed by atoms with E-state index in [0.29, 0.717) is 0 Å². The maximum Gasteiger partial charge on any atom is 0.0588 e. The highest BCUT2D eigenvalue weighted by Crippen LogP contribution is 2.53. The summed E-state index contributed by atoms with van der Waals surface area (Å²) >= 11 is 0. The first-order chi connectivity index (χ1) is 29.0. The first-order valence-corrected chi connectivity index (χ1v) is 20.5. The first kappa shape index (κ1) is 34.8. The fourth-order valence-electron chi connectivity index (χ4n) is 9.44. The number of fused-ring (bicyclic) bond motifs is 8. The van der Waals surface area contributed by atoms with Crippen molar-refractivity contribution < 1.29 is 0 Å². The van der Waals surface area contributed by atoms with Crippen molar-refractivity contribution in [2.75, 3.05) is 4.90 Å². The summed E-state index contributed by atoms with van der Waals surface area (Å²) < 4.78 is 2.50. The molecule has 280 valence electrons. The molecule has 0 fully saturated rings. The molecule has 0 bridgehead atoms. The Morgan fingerprint density at radius 2 is 1.02 bits per heavy atom. The maximum absolute atomic E-state index is 2.50. The summed E-state index contributed by atoms with van der Waals surface area (Å²) in [7, 11) is 0. The molecule has 1 aliphatic carbocycles. The van der Waals surface area contributed by atoms with Crippen LogP contribution in [-0.2, 0) is 5.41 Å². The zero-order chi connectivity index (χ0) is 39.5. The summed E-state index contributed by atoms with van der Waals surface area (Å²) in [6, 6.07) is 75.0. The molecule has 2 heteroatoms. The highest BCUT2D eigenvalue weighted by Gasteiger charge is 2.38. The molecule has 9 aromatic carbocycles. The number of anilines is 3. The van der Waals surface area contributed by atoms with Crippen LogP contribution in [0.2, 0.25) is 0 Å². The zero-order valence-electron chi connectivity index (χ0n) is 33.2. The molecule has 0 radical (unpaired) electrons. The van der Waals surface area contributed by atoms with Crippen LogP contribution in [0.15, 0.2) is 206 Å².